The van der Waals surface area contributed by atoms with E-state index in [1.807, 2.05) is 30.3 Å². The molecule has 7 heteroatoms. The van der Waals surface area contributed by atoms with E-state index in [0.29, 0.717) is 11.9 Å². The molecule has 1 N–H and O–H groups in total. The summed E-state index contributed by atoms with van der Waals surface area (Å²) in [5.74, 6) is 1.08. The van der Waals surface area contributed by atoms with Crippen LogP contribution in [0.2, 0.25) is 0 Å². The normalized spacial score (nSPS) is 21.9. The molecule has 6 nitrogen and oxygen atoms in total. The van der Waals surface area contributed by atoms with Crippen molar-refractivity contribution in [2.75, 3.05) is 31.6 Å². The maximum Gasteiger partial charge on any atom is 0.244 e. The third kappa shape index (κ3) is 4.72. The van der Waals surface area contributed by atoms with Crippen molar-refractivity contribution in [3.8, 4) is 10.6 Å². The van der Waals surface area contributed by atoms with Crippen LogP contribution in [0.25, 0.3) is 10.6 Å². The first-order chi connectivity index (χ1) is 13.3. The van der Waals surface area contributed by atoms with Gasteiger partial charge in [-0.3, -0.25) is 15.0 Å². The van der Waals surface area contributed by atoms with Gasteiger partial charge in [0.2, 0.25) is 11.9 Å². The third-order valence-corrected chi connectivity index (χ3v) is 6.20. The molecule has 0 saturated carbocycles. The molecule has 2 aliphatic heterocycles. The number of hydrogen-bond donors (Lipinski definition) is 1. The van der Waals surface area contributed by atoms with Gasteiger partial charge in [0.1, 0.15) is 5.01 Å². The van der Waals surface area contributed by atoms with Crippen LogP contribution in [0.5, 0.6) is 0 Å². The molecule has 2 fully saturated rings. The highest BCUT2D eigenvalue weighted by Crippen LogP contribution is 2.25. The van der Waals surface area contributed by atoms with E-state index in [9.17, 15) is 4.79 Å². The van der Waals surface area contributed by atoms with E-state index in [2.05, 4.69) is 19.6 Å². The standard InChI is InChI=1S/C20H26N4O2S/c25-18(21-20-22-19(27-23-20)16-6-2-1-3-7-16)17-8-4-5-11-24(17)14-15-9-12-26-13-10-15/h1-3,6-7,15,17H,4-5,8-14H2,(H,21,23,25). The van der Waals surface area contributed by atoms with E-state index in [1.54, 1.807) is 0 Å². The van der Waals surface area contributed by atoms with Crippen molar-refractivity contribution in [3.63, 3.8) is 0 Å². The summed E-state index contributed by atoms with van der Waals surface area (Å²) in [6, 6.07) is 9.86. The monoisotopic (exact) mass is 386 g/mol. The quantitative estimate of drug-likeness (QED) is 0.853. The van der Waals surface area contributed by atoms with Gasteiger partial charge in [-0.15, -0.1) is 0 Å². The Kier molecular flexibility index (Phi) is 6.11. The molecule has 27 heavy (non-hydrogen) atoms. The predicted octanol–water partition coefficient (Wildman–Crippen LogP) is 3.42. The van der Waals surface area contributed by atoms with Crippen LogP contribution >= 0.6 is 11.5 Å². The fraction of sp³-hybridized carbons (Fsp3) is 0.550. The first-order valence-electron chi connectivity index (χ1n) is 9.81. The summed E-state index contributed by atoms with van der Waals surface area (Å²) in [4.78, 5) is 19.8. The van der Waals surface area contributed by atoms with Crippen LogP contribution in [0.1, 0.15) is 32.1 Å². The SMILES string of the molecule is O=C(Nc1nsc(-c2ccccc2)n1)C1CCCCN1CC1CCOCC1. The van der Waals surface area contributed by atoms with Crippen LogP contribution in [-0.4, -0.2) is 52.5 Å². The number of benzene rings is 1. The number of anilines is 1. The largest absolute Gasteiger partial charge is 0.381 e. The number of carbonyl (C=O) groups excluding carboxylic acids is 1. The van der Waals surface area contributed by atoms with Crippen molar-refractivity contribution in [1.29, 1.82) is 0 Å². The predicted molar refractivity (Wildman–Crippen MR) is 107 cm³/mol. The van der Waals surface area contributed by atoms with E-state index in [-0.39, 0.29) is 11.9 Å². The minimum atomic E-state index is -0.0785. The summed E-state index contributed by atoms with van der Waals surface area (Å²) in [5.41, 5.74) is 1.02. The molecule has 1 amide bonds. The van der Waals surface area contributed by atoms with Gasteiger partial charge in [0, 0.05) is 25.3 Å². The molecule has 4 rings (SSSR count). The van der Waals surface area contributed by atoms with Crippen LogP contribution in [-0.2, 0) is 9.53 Å². The van der Waals surface area contributed by atoms with Gasteiger partial charge in [0.05, 0.1) is 6.04 Å². The Morgan fingerprint density at radius 1 is 1.19 bits per heavy atom. The summed E-state index contributed by atoms with van der Waals surface area (Å²) >= 11 is 1.32. The number of aromatic nitrogens is 2. The number of nitrogens with zero attached hydrogens (tertiary/aromatic N) is 3. The Labute approximate surface area is 164 Å². The minimum Gasteiger partial charge on any atom is -0.381 e. The van der Waals surface area contributed by atoms with Crippen LogP contribution in [0.15, 0.2) is 30.3 Å². The number of carbonyl (C=O) groups is 1. The van der Waals surface area contributed by atoms with Gasteiger partial charge in [-0.1, -0.05) is 36.8 Å². The number of piperidine rings is 1. The molecule has 0 bridgehead atoms. The van der Waals surface area contributed by atoms with Gasteiger partial charge < -0.3 is 4.74 Å². The molecule has 2 saturated heterocycles. The second-order valence-corrected chi connectivity index (χ2v) is 8.09. The van der Waals surface area contributed by atoms with Crippen molar-refractivity contribution >= 4 is 23.4 Å². The molecule has 1 unspecified atom stereocenters. The smallest absolute Gasteiger partial charge is 0.244 e. The Morgan fingerprint density at radius 3 is 2.81 bits per heavy atom. The molecular weight excluding hydrogens is 360 g/mol. The van der Waals surface area contributed by atoms with Crippen LogP contribution < -0.4 is 5.32 Å². The van der Waals surface area contributed by atoms with Crippen molar-refractivity contribution < 1.29 is 9.53 Å². The lowest BCUT2D eigenvalue weighted by molar-refractivity contribution is -0.123. The molecule has 0 spiro atoms. The topological polar surface area (TPSA) is 67.4 Å². The van der Waals surface area contributed by atoms with Crippen molar-refractivity contribution in [3.05, 3.63) is 30.3 Å². The zero-order chi connectivity index (χ0) is 18.5. The van der Waals surface area contributed by atoms with Gasteiger partial charge in [-0.25, -0.2) is 0 Å². The van der Waals surface area contributed by atoms with Crippen molar-refractivity contribution in [2.24, 2.45) is 5.92 Å². The second-order valence-electron chi connectivity index (χ2n) is 7.34. The average Bonchev–Trinajstić information content (AvgIpc) is 3.18. The Hall–Kier alpha value is -1.83. The maximum atomic E-state index is 12.9. The Morgan fingerprint density at radius 2 is 2.00 bits per heavy atom. The minimum absolute atomic E-state index is 0.0270. The highest BCUT2D eigenvalue weighted by Gasteiger charge is 2.31. The van der Waals surface area contributed by atoms with E-state index >= 15 is 0 Å². The molecule has 1 aromatic heterocycles. The molecule has 0 radical (unpaired) electrons. The molecule has 0 aliphatic carbocycles. The molecule has 1 atom stereocenters. The highest BCUT2D eigenvalue weighted by molar-refractivity contribution is 7.09. The number of amides is 1. The molecule has 2 aliphatic rings. The first kappa shape index (κ1) is 18.5. The van der Waals surface area contributed by atoms with Gasteiger partial charge in [0.25, 0.3) is 0 Å². The highest BCUT2D eigenvalue weighted by atomic mass is 32.1. The summed E-state index contributed by atoms with van der Waals surface area (Å²) in [6.45, 7) is 3.68. The second kappa shape index (κ2) is 8.91. The van der Waals surface area contributed by atoms with Crippen LogP contribution in [0.4, 0.5) is 5.95 Å². The lowest BCUT2D eigenvalue weighted by Crippen LogP contribution is -2.49. The molecular formula is C20H26N4O2S. The molecule has 1 aromatic carbocycles. The number of likely N-dealkylation sites (tertiary alicyclic amines) is 1. The Balaban J connectivity index is 1.39. The van der Waals surface area contributed by atoms with E-state index in [4.69, 9.17) is 4.74 Å². The van der Waals surface area contributed by atoms with Crippen molar-refractivity contribution in [1.82, 2.24) is 14.3 Å². The number of nitrogens with one attached hydrogen (secondary N) is 1. The summed E-state index contributed by atoms with van der Waals surface area (Å²) in [6.07, 6.45) is 5.37. The maximum absolute atomic E-state index is 12.9. The van der Waals surface area contributed by atoms with Crippen LogP contribution in [0, 0.1) is 5.92 Å². The molecule has 144 valence electrons. The van der Waals surface area contributed by atoms with Gasteiger partial charge >= 0.3 is 0 Å². The van der Waals surface area contributed by atoms with Gasteiger partial charge in [-0.2, -0.15) is 9.36 Å². The third-order valence-electron chi connectivity index (χ3n) is 5.43. The number of rotatable bonds is 5. The Bertz CT molecular complexity index is 745. The summed E-state index contributed by atoms with van der Waals surface area (Å²) < 4.78 is 9.80. The fourth-order valence-corrected chi connectivity index (χ4v) is 4.56. The lowest BCUT2D eigenvalue weighted by atomic mass is 9.95. The molecule has 3 heterocycles. The van der Waals surface area contributed by atoms with E-state index < -0.39 is 0 Å². The van der Waals surface area contributed by atoms with Gasteiger partial charge in [-0.05, 0) is 49.7 Å². The summed E-state index contributed by atoms with van der Waals surface area (Å²) in [5, 5.41) is 3.78. The lowest BCUT2D eigenvalue weighted by Gasteiger charge is -2.37. The zero-order valence-electron chi connectivity index (χ0n) is 15.5. The van der Waals surface area contributed by atoms with E-state index in [0.717, 1.165) is 62.6 Å². The molecule has 2 aromatic rings. The first-order valence-corrected chi connectivity index (χ1v) is 10.6. The number of ether oxygens (including phenoxy) is 1. The average molecular weight is 387 g/mol. The van der Waals surface area contributed by atoms with Gasteiger partial charge in [0.15, 0.2) is 0 Å². The summed E-state index contributed by atoms with van der Waals surface area (Å²) in [7, 11) is 0. The van der Waals surface area contributed by atoms with Crippen molar-refractivity contribution in [2.45, 2.75) is 38.1 Å². The zero-order valence-corrected chi connectivity index (χ0v) is 16.3. The number of hydrogen-bond acceptors (Lipinski definition) is 6. The van der Waals surface area contributed by atoms with E-state index in [1.165, 1.54) is 18.0 Å². The fourth-order valence-electron chi connectivity index (χ4n) is 3.93. The van der Waals surface area contributed by atoms with Crippen LogP contribution in [0.3, 0.4) is 0 Å².